The van der Waals surface area contributed by atoms with Crippen molar-refractivity contribution in [1.82, 2.24) is 24.7 Å². The fourth-order valence-corrected chi connectivity index (χ4v) is 2.10. The predicted molar refractivity (Wildman–Crippen MR) is 77.9 cm³/mol. The van der Waals surface area contributed by atoms with Gasteiger partial charge in [0, 0.05) is 12.4 Å². The number of aromatic nitrogens is 5. The van der Waals surface area contributed by atoms with Gasteiger partial charge in [-0.15, -0.1) is 0 Å². The number of hydrogen-bond acceptors (Lipinski definition) is 5. The third-order valence-electron chi connectivity index (χ3n) is 2.69. The summed E-state index contributed by atoms with van der Waals surface area (Å²) >= 11 is 5.91. The van der Waals surface area contributed by atoms with Crippen LogP contribution in [0.3, 0.4) is 0 Å². The van der Waals surface area contributed by atoms with Gasteiger partial charge >= 0.3 is 6.01 Å². The second-order valence-electron chi connectivity index (χ2n) is 4.56. The molecule has 3 aromatic rings. The van der Waals surface area contributed by atoms with Crippen molar-refractivity contribution in [2.24, 2.45) is 0 Å². The van der Waals surface area contributed by atoms with E-state index >= 15 is 0 Å². The molecule has 0 N–H and O–H groups in total. The van der Waals surface area contributed by atoms with Crippen molar-refractivity contribution in [3.63, 3.8) is 0 Å². The summed E-state index contributed by atoms with van der Waals surface area (Å²) in [6.45, 7) is 3.99. The Kier molecular flexibility index (Phi) is 3.53. The fraction of sp³-hybridized carbons (Fsp3) is 0.143. The van der Waals surface area contributed by atoms with E-state index in [1.54, 1.807) is 18.5 Å². The van der Waals surface area contributed by atoms with Crippen LogP contribution in [-0.4, -0.2) is 24.7 Å². The zero-order valence-corrected chi connectivity index (χ0v) is 12.2. The first kappa shape index (κ1) is 13.5. The molecule has 106 valence electrons. The molecular formula is C14H12ClN5O. The molecule has 0 aliphatic carbocycles. The lowest BCUT2D eigenvalue weighted by atomic mass is 10.1. The Labute approximate surface area is 126 Å². The lowest BCUT2D eigenvalue weighted by Crippen LogP contribution is -2.05. The normalized spacial score (nSPS) is 10.6. The number of halogens is 1. The summed E-state index contributed by atoms with van der Waals surface area (Å²) in [7, 11) is 0. The second-order valence-corrected chi connectivity index (χ2v) is 4.90. The molecule has 0 radical (unpaired) electrons. The summed E-state index contributed by atoms with van der Waals surface area (Å²) < 4.78 is 7.16. The van der Waals surface area contributed by atoms with Gasteiger partial charge in [-0.05, 0) is 54.8 Å². The first-order valence-corrected chi connectivity index (χ1v) is 6.66. The zero-order valence-electron chi connectivity index (χ0n) is 11.5. The summed E-state index contributed by atoms with van der Waals surface area (Å²) in [5.74, 6) is 0.959. The van der Waals surface area contributed by atoms with E-state index in [1.165, 1.54) is 4.68 Å². The zero-order chi connectivity index (χ0) is 14.8. The van der Waals surface area contributed by atoms with E-state index < -0.39 is 0 Å². The standard InChI is InChI=1S/C14H12ClN5O/c1-9-6-10(2)8-11(7-9)21-14-18-12(15)17-13(19-14)20-5-3-4-16-20/h3-8H,1-2H3. The lowest BCUT2D eigenvalue weighted by molar-refractivity contribution is 0.436. The van der Waals surface area contributed by atoms with E-state index in [4.69, 9.17) is 16.3 Å². The monoisotopic (exact) mass is 301 g/mol. The number of ether oxygens (including phenoxy) is 1. The average Bonchev–Trinajstić information content (AvgIpc) is 2.90. The summed E-state index contributed by atoms with van der Waals surface area (Å²) in [5.41, 5.74) is 2.19. The van der Waals surface area contributed by atoms with Gasteiger partial charge in [-0.25, -0.2) is 4.68 Å². The Morgan fingerprint density at radius 3 is 2.48 bits per heavy atom. The summed E-state index contributed by atoms with van der Waals surface area (Å²) in [6.07, 6.45) is 3.34. The van der Waals surface area contributed by atoms with Crippen molar-refractivity contribution in [2.45, 2.75) is 13.8 Å². The molecule has 1 aromatic carbocycles. The molecule has 3 rings (SSSR count). The number of nitrogens with zero attached hydrogens (tertiary/aromatic N) is 5. The Morgan fingerprint density at radius 1 is 1.05 bits per heavy atom. The van der Waals surface area contributed by atoms with Gasteiger partial charge < -0.3 is 4.74 Å². The molecule has 0 fully saturated rings. The molecule has 0 saturated carbocycles. The molecule has 6 nitrogen and oxygen atoms in total. The Bertz CT molecular complexity index is 753. The molecule has 2 heterocycles. The molecule has 21 heavy (non-hydrogen) atoms. The molecule has 0 unspecified atom stereocenters. The van der Waals surface area contributed by atoms with Gasteiger partial charge in [0.05, 0.1) is 0 Å². The summed E-state index contributed by atoms with van der Waals surface area (Å²) in [4.78, 5) is 12.2. The van der Waals surface area contributed by atoms with Gasteiger partial charge in [-0.3, -0.25) is 0 Å². The van der Waals surface area contributed by atoms with Crippen LogP contribution in [0.4, 0.5) is 0 Å². The minimum absolute atomic E-state index is 0.0508. The highest BCUT2D eigenvalue weighted by molar-refractivity contribution is 6.28. The van der Waals surface area contributed by atoms with Crippen molar-refractivity contribution < 1.29 is 4.74 Å². The van der Waals surface area contributed by atoms with E-state index in [1.807, 2.05) is 26.0 Å². The van der Waals surface area contributed by atoms with Crippen LogP contribution in [0.2, 0.25) is 5.28 Å². The van der Waals surface area contributed by atoms with Gasteiger partial charge in [-0.1, -0.05) is 6.07 Å². The third kappa shape index (κ3) is 3.17. The van der Waals surface area contributed by atoms with Gasteiger partial charge in [0.2, 0.25) is 5.28 Å². The SMILES string of the molecule is Cc1cc(C)cc(Oc2nc(Cl)nc(-n3cccn3)n2)c1. The van der Waals surface area contributed by atoms with Crippen LogP contribution in [0.1, 0.15) is 11.1 Å². The number of hydrogen-bond donors (Lipinski definition) is 0. The predicted octanol–water partition coefficient (Wildman–Crippen LogP) is 3.12. The first-order chi connectivity index (χ1) is 10.1. The van der Waals surface area contributed by atoms with Crippen LogP contribution >= 0.6 is 11.6 Å². The van der Waals surface area contributed by atoms with E-state index in [0.717, 1.165) is 11.1 Å². The highest BCUT2D eigenvalue weighted by atomic mass is 35.5. The molecule has 0 bridgehead atoms. The number of aryl methyl sites for hydroxylation is 2. The van der Waals surface area contributed by atoms with Crippen molar-refractivity contribution in [1.29, 1.82) is 0 Å². The topological polar surface area (TPSA) is 65.7 Å². The van der Waals surface area contributed by atoms with E-state index in [0.29, 0.717) is 11.7 Å². The largest absolute Gasteiger partial charge is 0.424 e. The van der Waals surface area contributed by atoms with Gasteiger partial charge in [0.15, 0.2) is 0 Å². The quantitative estimate of drug-likeness (QED) is 0.743. The fourth-order valence-electron chi connectivity index (χ4n) is 1.95. The minimum atomic E-state index is 0.0508. The Morgan fingerprint density at radius 2 is 1.81 bits per heavy atom. The average molecular weight is 302 g/mol. The summed E-state index contributed by atoms with van der Waals surface area (Å²) in [6, 6.07) is 7.76. The summed E-state index contributed by atoms with van der Waals surface area (Å²) in [5, 5.41) is 4.10. The first-order valence-electron chi connectivity index (χ1n) is 6.28. The molecule has 0 atom stereocenters. The highest BCUT2D eigenvalue weighted by Gasteiger charge is 2.09. The van der Waals surface area contributed by atoms with Crippen LogP contribution in [0.25, 0.3) is 5.95 Å². The van der Waals surface area contributed by atoms with Crippen molar-refractivity contribution in [3.8, 4) is 17.7 Å². The van der Waals surface area contributed by atoms with Gasteiger partial charge in [0.25, 0.3) is 5.95 Å². The van der Waals surface area contributed by atoms with Gasteiger partial charge in [0.1, 0.15) is 5.75 Å². The maximum Gasteiger partial charge on any atom is 0.328 e. The molecule has 7 heteroatoms. The maximum atomic E-state index is 5.91. The maximum absolute atomic E-state index is 5.91. The highest BCUT2D eigenvalue weighted by Crippen LogP contribution is 2.22. The molecule has 0 saturated heterocycles. The van der Waals surface area contributed by atoms with Crippen molar-refractivity contribution in [3.05, 3.63) is 53.1 Å². The molecule has 0 aliphatic heterocycles. The van der Waals surface area contributed by atoms with Crippen molar-refractivity contribution in [2.75, 3.05) is 0 Å². The van der Waals surface area contributed by atoms with E-state index in [-0.39, 0.29) is 11.3 Å². The van der Waals surface area contributed by atoms with Crippen LogP contribution in [0.15, 0.2) is 36.7 Å². The number of rotatable bonds is 3. The minimum Gasteiger partial charge on any atom is -0.424 e. The Balaban J connectivity index is 1.95. The van der Waals surface area contributed by atoms with Crippen LogP contribution in [-0.2, 0) is 0 Å². The third-order valence-corrected chi connectivity index (χ3v) is 2.86. The molecule has 2 aromatic heterocycles. The van der Waals surface area contributed by atoms with Crippen LogP contribution < -0.4 is 4.74 Å². The van der Waals surface area contributed by atoms with Crippen LogP contribution in [0, 0.1) is 13.8 Å². The van der Waals surface area contributed by atoms with E-state index in [9.17, 15) is 0 Å². The molecular weight excluding hydrogens is 290 g/mol. The number of benzene rings is 1. The Hall–Kier alpha value is -2.47. The van der Waals surface area contributed by atoms with Gasteiger partial charge in [-0.2, -0.15) is 20.1 Å². The van der Waals surface area contributed by atoms with Crippen LogP contribution in [0.5, 0.6) is 11.8 Å². The molecule has 0 amide bonds. The lowest BCUT2D eigenvalue weighted by Gasteiger charge is -2.07. The smallest absolute Gasteiger partial charge is 0.328 e. The molecule has 0 spiro atoms. The molecule has 0 aliphatic rings. The van der Waals surface area contributed by atoms with E-state index in [2.05, 4.69) is 26.1 Å². The van der Waals surface area contributed by atoms with Crippen molar-refractivity contribution >= 4 is 11.6 Å². The second kappa shape index (κ2) is 5.49.